The minimum atomic E-state index is -1.83. The van der Waals surface area contributed by atoms with E-state index in [0.29, 0.717) is 13.0 Å². The van der Waals surface area contributed by atoms with Gasteiger partial charge in [-0.05, 0) is 24.6 Å². The first-order valence-electron chi connectivity index (χ1n) is 7.46. The van der Waals surface area contributed by atoms with Gasteiger partial charge in [0.25, 0.3) is 0 Å². The van der Waals surface area contributed by atoms with Crippen LogP contribution in [0.25, 0.3) is 0 Å². The van der Waals surface area contributed by atoms with Gasteiger partial charge in [-0.1, -0.05) is 27.7 Å². The number of nitrogens with one attached hydrogen (secondary N) is 1. The van der Waals surface area contributed by atoms with Crippen LogP contribution in [0.4, 0.5) is 0 Å². The lowest BCUT2D eigenvalue weighted by Crippen LogP contribution is -2.59. The van der Waals surface area contributed by atoms with Crippen molar-refractivity contribution in [1.82, 2.24) is 10.2 Å². The van der Waals surface area contributed by atoms with Crippen LogP contribution in [0.5, 0.6) is 0 Å². The molecule has 6 heteroatoms. The van der Waals surface area contributed by atoms with Gasteiger partial charge in [0.1, 0.15) is 12.3 Å². The molecule has 1 saturated heterocycles. The number of aliphatic carboxylic acids is 1. The molecule has 1 heterocycles. The Bertz CT molecular complexity index is 342. The molecule has 118 valence electrons. The third-order valence-electron chi connectivity index (χ3n) is 4.53. The van der Waals surface area contributed by atoms with Gasteiger partial charge in [0, 0.05) is 19.6 Å². The van der Waals surface area contributed by atoms with E-state index in [9.17, 15) is 9.90 Å². The molecule has 2 atom stereocenters. The first kappa shape index (κ1) is 17.6. The predicted octanol–water partition coefficient (Wildman–Crippen LogP) is 2.10. The summed E-state index contributed by atoms with van der Waals surface area (Å²) in [5.41, 5.74) is 0. The minimum Gasteiger partial charge on any atom is -0.480 e. The molecule has 0 aromatic rings. The van der Waals surface area contributed by atoms with Crippen LogP contribution in [0.15, 0.2) is 0 Å². The topological polar surface area (TPSA) is 61.8 Å². The second-order valence-corrected chi connectivity index (χ2v) is 11.8. The number of carboxylic acids is 1. The Hall–Kier alpha value is -0.433. The first-order chi connectivity index (χ1) is 9.08. The summed E-state index contributed by atoms with van der Waals surface area (Å²) >= 11 is 0. The number of carboxylic acid groups (broad SMARTS) is 1. The minimum absolute atomic E-state index is 0.0574. The lowest BCUT2D eigenvalue weighted by atomic mass is 10.1. The molecule has 1 aliphatic rings. The van der Waals surface area contributed by atoms with E-state index < -0.39 is 20.3 Å². The molecule has 20 heavy (non-hydrogen) atoms. The van der Waals surface area contributed by atoms with Crippen molar-refractivity contribution in [1.29, 1.82) is 0 Å². The Kier molecular flexibility index (Phi) is 5.77. The van der Waals surface area contributed by atoms with Crippen molar-refractivity contribution < 1.29 is 14.3 Å². The van der Waals surface area contributed by atoms with E-state index in [-0.39, 0.29) is 11.3 Å². The van der Waals surface area contributed by atoms with E-state index in [0.717, 1.165) is 13.1 Å². The summed E-state index contributed by atoms with van der Waals surface area (Å²) in [4.78, 5) is 13.3. The average molecular weight is 302 g/mol. The largest absolute Gasteiger partial charge is 0.480 e. The lowest BCUT2D eigenvalue weighted by Gasteiger charge is -2.43. The molecule has 0 spiro atoms. The normalized spacial score (nSPS) is 23.6. The van der Waals surface area contributed by atoms with Crippen LogP contribution in [0.2, 0.25) is 18.1 Å². The molecule has 0 saturated carbocycles. The zero-order chi connectivity index (χ0) is 15.6. The van der Waals surface area contributed by atoms with E-state index in [1.54, 1.807) is 0 Å². The van der Waals surface area contributed by atoms with Gasteiger partial charge in [0.05, 0.1) is 0 Å². The highest BCUT2D eigenvalue weighted by Gasteiger charge is 2.40. The molecule has 1 aliphatic heterocycles. The Balaban J connectivity index is 2.68. The molecule has 0 aromatic heterocycles. The van der Waals surface area contributed by atoms with Crippen LogP contribution in [0.3, 0.4) is 0 Å². The molecule has 0 bridgehead atoms. The number of piperazine rings is 1. The van der Waals surface area contributed by atoms with Crippen molar-refractivity contribution in [3.8, 4) is 0 Å². The summed E-state index contributed by atoms with van der Waals surface area (Å²) < 4.78 is 6.34. The molecule has 5 nitrogen and oxygen atoms in total. The summed E-state index contributed by atoms with van der Waals surface area (Å²) in [7, 11) is -1.83. The fraction of sp³-hybridized carbons (Fsp3) is 0.929. The molecule has 1 fully saturated rings. The fourth-order valence-electron chi connectivity index (χ4n) is 2.22. The van der Waals surface area contributed by atoms with Gasteiger partial charge in [-0.3, -0.25) is 15.0 Å². The van der Waals surface area contributed by atoms with Crippen LogP contribution >= 0.6 is 0 Å². The number of hydrogen-bond acceptors (Lipinski definition) is 4. The molecular formula is C14H30N2O3Si. The van der Waals surface area contributed by atoms with Gasteiger partial charge in [0.2, 0.25) is 0 Å². The molecular weight excluding hydrogens is 272 g/mol. The van der Waals surface area contributed by atoms with Gasteiger partial charge in [-0.25, -0.2) is 0 Å². The summed E-state index contributed by atoms with van der Waals surface area (Å²) in [5.74, 6) is -0.736. The van der Waals surface area contributed by atoms with Gasteiger partial charge in [-0.15, -0.1) is 0 Å². The summed E-state index contributed by atoms with van der Waals surface area (Å²) in [6.07, 6.45) is 0.570. The quantitative estimate of drug-likeness (QED) is 0.762. The predicted molar refractivity (Wildman–Crippen MR) is 83.4 cm³/mol. The second-order valence-electron chi connectivity index (χ2n) is 7.08. The van der Waals surface area contributed by atoms with E-state index >= 15 is 0 Å². The monoisotopic (exact) mass is 302 g/mol. The summed E-state index contributed by atoms with van der Waals surface area (Å²) in [6, 6.07) is -0.400. The van der Waals surface area contributed by atoms with Gasteiger partial charge >= 0.3 is 5.97 Å². The molecule has 0 radical (unpaired) electrons. The van der Waals surface area contributed by atoms with Crippen molar-refractivity contribution in [2.45, 2.75) is 64.5 Å². The third kappa shape index (κ3) is 4.28. The van der Waals surface area contributed by atoms with Gasteiger partial charge in [0.15, 0.2) is 8.32 Å². The van der Waals surface area contributed by atoms with Crippen LogP contribution in [0.1, 0.15) is 34.1 Å². The highest BCUT2D eigenvalue weighted by molar-refractivity contribution is 6.74. The Morgan fingerprint density at radius 3 is 2.55 bits per heavy atom. The maximum Gasteiger partial charge on any atom is 0.320 e. The lowest BCUT2D eigenvalue weighted by molar-refractivity contribution is -0.144. The molecule has 0 aliphatic carbocycles. The van der Waals surface area contributed by atoms with E-state index in [1.165, 1.54) is 0 Å². The highest BCUT2D eigenvalue weighted by Crippen LogP contribution is 2.37. The van der Waals surface area contributed by atoms with Crippen LogP contribution in [-0.4, -0.2) is 56.2 Å². The highest BCUT2D eigenvalue weighted by atomic mass is 28.4. The summed E-state index contributed by atoms with van der Waals surface area (Å²) in [6.45, 7) is 15.2. The number of hydrogen-bond donors (Lipinski definition) is 2. The van der Waals surface area contributed by atoms with Crippen molar-refractivity contribution in [2.24, 2.45) is 0 Å². The van der Waals surface area contributed by atoms with Crippen LogP contribution in [0, 0.1) is 0 Å². The fourth-order valence-corrected chi connectivity index (χ4v) is 3.44. The molecule has 1 unspecified atom stereocenters. The van der Waals surface area contributed by atoms with Crippen molar-refractivity contribution in [3.63, 3.8) is 0 Å². The number of carbonyl (C=O) groups is 1. The van der Waals surface area contributed by atoms with Gasteiger partial charge in [-0.2, -0.15) is 0 Å². The molecule has 0 amide bonds. The zero-order valence-electron chi connectivity index (χ0n) is 13.7. The van der Waals surface area contributed by atoms with E-state index in [1.807, 2.05) is 11.8 Å². The molecule has 0 aromatic carbocycles. The second kappa shape index (κ2) is 6.55. The van der Waals surface area contributed by atoms with Crippen LogP contribution in [-0.2, 0) is 9.22 Å². The van der Waals surface area contributed by atoms with E-state index in [2.05, 4.69) is 39.2 Å². The zero-order valence-corrected chi connectivity index (χ0v) is 14.7. The summed E-state index contributed by atoms with van der Waals surface area (Å²) in [5, 5.41) is 12.8. The first-order valence-corrected chi connectivity index (χ1v) is 10.4. The SMILES string of the molecule is CCC(C(=O)O)N1CCN[C@H](O[Si](C)(C)C(C)(C)C)C1. The Labute approximate surface area is 123 Å². The molecule has 2 N–H and O–H groups in total. The standard InChI is InChI=1S/C14H30N2O3Si/c1-7-11(13(17)18)16-9-8-15-12(10-16)19-20(5,6)14(2,3)4/h11-12,15H,7-10H2,1-6H3,(H,17,18)/t11?,12-/m1/s1. The van der Waals surface area contributed by atoms with Crippen molar-refractivity contribution >= 4 is 14.3 Å². The van der Waals surface area contributed by atoms with Crippen molar-refractivity contribution in [2.75, 3.05) is 19.6 Å². The Morgan fingerprint density at radius 1 is 1.50 bits per heavy atom. The smallest absolute Gasteiger partial charge is 0.320 e. The average Bonchev–Trinajstić information content (AvgIpc) is 2.27. The number of nitrogens with zero attached hydrogens (tertiary/aromatic N) is 1. The maximum absolute atomic E-state index is 11.3. The maximum atomic E-state index is 11.3. The van der Waals surface area contributed by atoms with Gasteiger partial charge < -0.3 is 9.53 Å². The third-order valence-corrected chi connectivity index (χ3v) is 9.01. The van der Waals surface area contributed by atoms with E-state index in [4.69, 9.17) is 4.43 Å². The van der Waals surface area contributed by atoms with Crippen molar-refractivity contribution in [3.05, 3.63) is 0 Å². The number of rotatable bonds is 5. The Morgan fingerprint density at radius 2 is 2.10 bits per heavy atom. The van der Waals surface area contributed by atoms with Crippen LogP contribution < -0.4 is 5.32 Å². The molecule has 1 rings (SSSR count).